The third kappa shape index (κ3) is 6.17. The maximum Gasteiger partial charge on any atom is 0.337 e. The molecule has 1 N–H and O–H groups in total. The highest BCUT2D eigenvalue weighted by Gasteiger charge is 2.30. The fourth-order valence-corrected chi connectivity index (χ4v) is 4.90. The van der Waals surface area contributed by atoms with Crippen LogP contribution in [0.1, 0.15) is 34.0 Å². The standard InChI is InChI=1S/C26H30N2O6S/c1-18(16-29)15-28(35(31,32)25-7-5-6-12-27-25)23-13-19(2)20(3)14-24(23)34-17-21-8-10-22(11-9-21)26(30)33-4/h5-14,18,29H,15-17H2,1-4H3/t18-/m0/s1. The molecule has 0 radical (unpaired) electrons. The molecule has 0 bridgehead atoms. The van der Waals surface area contributed by atoms with Crippen LogP contribution in [0.5, 0.6) is 5.75 Å². The van der Waals surface area contributed by atoms with Gasteiger partial charge >= 0.3 is 5.97 Å². The third-order valence-electron chi connectivity index (χ3n) is 5.59. The molecule has 0 aliphatic heterocycles. The number of pyridine rings is 1. The number of hydrogen-bond donors (Lipinski definition) is 1. The van der Waals surface area contributed by atoms with Gasteiger partial charge in [0.25, 0.3) is 10.0 Å². The molecular formula is C26H30N2O6S. The smallest absolute Gasteiger partial charge is 0.337 e. The topological polar surface area (TPSA) is 106 Å². The Labute approximate surface area is 206 Å². The number of carbonyl (C=O) groups is 1. The van der Waals surface area contributed by atoms with Gasteiger partial charge in [-0.05, 0) is 72.9 Å². The number of aryl methyl sites for hydroxylation is 2. The first-order chi connectivity index (χ1) is 16.7. The molecule has 1 aromatic heterocycles. The molecule has 9 heteroatoms. The first kappa shape index (κ1) is 26.2. The van der Waals surface area contributed by atoms with Gasteiger partial charge in [-0.1, -0.05) is 25.1 Å². The van der Waals surface area contributed by atoms with E-state index in [1.165, 1.54) is 23.7 Å². The lowest BCUT2D eigenvalue weighted by atomic mass is 10.1. The number of benzene rings is 2. The Hall–Kier alpha value is -3.43. The maximum absolute atomic E-state index is 13.6. The van der Waals surface area contributed by atoms with Gasteiger partial charge < -0.3 is 14.6 Å². The average molecular weight is 499 g/mol. The van der Waals surface area contributed by atoms with Crippen LogP contribution in [0.25, 0.3) is 0 Å². The number of aliphatic hydroxyl groups excluding tert-OH is 1. The predicted molar refractivity (Wildman–Crippen MR) is 133 cm³/mol. The van der Waals surface area contributed by atoms with Crippen LogP contribution < -0.4 is 9.04 Å². The van der Waals surface area contributed by atoms with Crippen molar-refractivity contribution < 1.29 is 27.8 Å². The van der Waals surface area contributed by atoms with E-state index in [4.69, 9.17) is 9.47 Å². The van der Waals surface area contributed by atoms with Gasteiger partial charge in [0.15, 0.2) is 5.03 Å². The van der Waals surface area contributed by atoms with Gasteiger partial charge in [-0.2, -0.15) is 8.42 Å². The molecule has 0 saturated carbocycles. The average Bonchev–Trinajstić information content (AvgIpc) is 2.87. The summed E-state index contributed by atoms with van der Waals surface area (Å²) in [5.41, 5.74) is 3.42. The summed E-state index contributed by atoms with van der Waals surface area (Å²) >= 11 is 0. The minimum absolute atomic E-state index is 0.0437. The van der Waals surface area contributed by atoms with Crippen LogP contribution in [-0.2, 0) is 21.4 Å². The molecule has 0 aliphatic rings. The Morgan fingerprint density at radius 3 is 2.37 bits per heavy atom. The van der Waals surface area contributed by atoms with E-state index in [-0.39, 0.29) is 30.7 Å². The van der Waals surface area contributed by atoms with E-state index >= 15 is 0 Å². The molecule has 0 amide bonds. The van der Waals surface area contributed by atoms with Gasteiger partial charge in [0.2, 0.25) is 0 Å². The number of rotatable bonds is 10. The Bertz CT molecular complexity index is 1260. The van der Waals surface area contributed by atoms with Crippen molar-refractivity contribution in [3.8, 4) is 5.75 Å². The van der Waals surface area contributed by atoms with Crippen molar-refractivity contribution in [1.82, 2.24) is 4.98 Å². The van der Waals surface area contributed by atoms with Gasteiger partial charge in [0.1, 0.15) is 12.4 Å². The molecule has 8 nitrogen and oxygen atoms in total. The van der Waals surface area contributed by atoms with Gasteiger partial charge in [-0.25, -0.2) is 9.78 Å². The minimum atomic E-state index is -4.03. The number of aromatic nitrogens is 1. The zero-order valence-corrected chi connectivity index (χ0v) is 21.1. The van der Waals surface area contributed by atoms with Crippen LogP contribution in [0.15, 0.2) is 65.8 Å². The summed E-state index contributed by atoms with van der Waals surface area (Å²) in [7, 11) is -2.71. The summed E-state index contributed by atoms with van der Waals surface area (Å²) in [6, 6.07) is 15.1. The van der Waals surface area contributed by atoms with Gasteiger partial charge in [-0.3, -0.25) is 4.31 Å². The second kappa shape index (κ2) is 11.3. The van der Waals surface area contributed by atoms with Crippen molar-refractivity contribution in [2.75, 3.05) is 24.6 Å². The summed E-state index contributed by atoms with van der Waals surface area (Å²) in [6.45, 7) is 5.61. The van der Waals surface area contributed by atoms with Crippen molar-refractivity contribution >= 4 is 21.7 Å². The predicted octanol–water partition coefficient (Wildman–Crippen LogP) is 3.89. The maximum atomic E-state index is 13.6. The van der Waals surface area contributed by atoms with E-state index in [9.17, 15) is 18.3 Å². The lowest BCUT2D eigenvalue weighted by Gasteiger charge is -2.29. The van der Waals surface area contributed by atoms with E-state index in [1.807, 2.05) is 13.8 Å². The minimum Gasteiger partial charge on any atom is -0.487 e. The molecule has 3 aromatic rings. The van der Waals surface area contributed by atoms with Crippen molar-refractivity contribution in [2.24, 2.45) is 5.92 Å². The number of esters is 1. The molecule has 0 unspecified atom stereocenters. The number of aliphatic hydroxyl groups is 1. The lowest BCUT2D eigenvalue weighted by molar-refractivity contribution is 0.0600. The Morgan fingerprint density at radius 1 is 1.09 bits per heavy atom. The molecule has 0 saturated heterocycles. The van der Waals surface area contributed by atoms with Crippen molar-refractivity contribution in [3.05, 3.63) is 83.0 Å². The number of nitrogens with zero attached hydrogens (tertiary/aromatic N) is 2. The number of anilines is 1. The Balaban J connectivity index is 2.00. The lowest BCUT2D eigenvalue weighted by Crippen LogP contribution is -2.36. The molecular weight excluding hydrogens is 468 g/mol. The van der Waals surface area contributed by atoms with Crippen molar-refractivity contribution in [3.63, 3.8) is 0 Å². The van der Waals surface area contributed by atoms with Crippen LogP contribution in [0.4, 0.5) is 5.69 Å². The summed E-state index contributed by atoms with van der Waals surface area (Å²) in [4.78, 5) is 15.7. The molecule has 3 rings (SSSR count). The van der Waals surface area contributed by atoms with E-state index < -0.39 is 16.0 Å². The van der Waals surface area contributed by atoms with Crippen LogP contribution in [0.2, 0.25) is 0 Å². The summed E-state index contributed by atoms with van der Waals surface area (Å²) in [6.07, 6.45) is 1.43. The van der Waals surface area contributed by atoms with Crippen molar-refractivity contribution in [2.45, 2.75) is 32.4 Å². The molecule has 2 aromatic carbocycles. The third-order valence-corrected chi connectivity index (χ3v) is 7.29. The molecule has 0 spiro atoms. The zero-order chi connectivity index (χ0) is 25.6. The summed E-state index contributed by atoms with van der Waals surface area (Å²) < 4.78 is 39.3. The van der Waals surface area contributed by atoms with E-state index in [2.05, 4.69) is 4.98 Å². The monoisotopic (exact) mass is 498 g/mol. The first-order valence-corrected chi connectivity index (χ1v) is 12.6. The van der Waals surface area contributed by atoms with Crippen molar-refractivity contribution in [1.29, 1.82) is 0 Å². The highest BCUT2D eigenvalue weighted by molar-refractivity contribution is 7.92. The molecule has 1 heterocycles. The quantitative estimate of drug-likeness (QED) is 0.423. The normalized spacial score (nSPS) is 12.1. The van der Waals surface area contributed by atoms with Crippen LogP contribution in [0.3, 0.4) is 0 Å². The highest BCUT2D eigenvalue weighted by Crippen LogP contribution is 2.36. The first-order valence-electron chi connectivity index (χ1n) is 11.1. The van der Waals surface area contributed by atoms with E-state index in [0.717, 1.165) is 16.7 Å². The fraction of sp³-hybridized carbons (Fsp3) is 0.308. The summed E-state index contributed by atoms with van der Waals surface area (Å²) in [5, 5.41) is 9.57. The van der Waals surface area contributed by atoms with Crippen LogP contribution in [-0.4, -0.2) is 44.7 Å². The number of ether oxygens (including phenoxy) is 2. The van der Waals surface area contributed by atoms with Crippen LogP contribution in [0, 0.1) is 19.8 Å². The highest BCUT2D eigenvalue weighted by atomic mass is 32.2. The molecule has 0 aliphatic carbocycles. The number of hydrogen-bond acceptors (Lipinski definition) is 7. The number of sulfonamides is 1. The van der Waals surface area contributed by atoms with Gasteiger partial charge in [0, 0.05) is 19.3 Å². The molecule has 186 valence electrons. The molecule has 1 atom stereocenters. The van der Waals surface area contributed by atoms with Gasteiger partial charge in [0.05, 0.1) is 18.4 Å². The SMILES string of the molecule is COC(=O)c1ccc(COc2cc(C)c(C)cc2N(C[C@H](C)CO)S(=O)(=O)c2ccccn2)cc1. The number of methoxy groups -OCH3 is 1. The number of carbonyl (C=O) groups excluding carboxylic acids is 1. The summed E-state index contributed by atoms with van der Waals surface area (Å²) in [5.74, 6) is -0.370. The second-order valence-corrected chi connectivity index (χ2v) is 10.2. The largest absolute Gasteiger partial charge is 0.487 e. The Kier molecular flexibility index (Phi) is 8.48. The Morgan fingerprint density at radius 2 is 1.77 bits per heavy atom. The fourth-order valence-electron chi connectivity index (χ4n) is 3.38. The zero-order valence-electron chi connectivity index (χ0n) is 20.3. The molecule has 35 heavy (non-hydrogen) atoms. The molecule has 0 fully saturated rings. The van der Waals surface area contributed by atoms with E-state index in [0.29, 0.717) is 17.0 Å². The second-order valence-electron chi connectivity index (χ2n) is 8.37. The van der Waals surface area contributed by atoms with E-state index in [1.54, 1.807) is 55.5 Å². The van der Waals surface area contributed by atoms with Crippen LogP contribution >= 0.6 is 0 Å². The van der Waals surface area contributed by atoms with Gasteiger partial charge in [-0.15, -0.1) is 0 Å².